The molecular weight excluding hydrogens is 748 g/mol. The summed E-state index contributed by atoms with van der Waals surface area (Å²) in [5.41, 5.74) is 0. The summed E-state index contributed by atoms with van der Waals surface area (Å²) in [5.74, 6) is 0. The maximum atomic E-state index is 0. The van der Waals surface area contributed by atoms with Gasteiger partial charge in [0.05, 0.1) is 0 Å². The smallest absolute Gasteiger partial charge is 1.00 e. The largest absolute Gasteiger partial charge is 4.00 e. The molecule has 0 N–H and O–H groups in total. The molecule has 0 aliphatic heterocycles. The Morgan fingerprint density at radius 1 is 0.333 bits per heavy atom. The zero-order valence-corrected chi connectivity index (χ0v) is 22.9. The second-order valence-corrected chi connectivity index (χ2v) is 0. The van der Waals surface area contributed by atoms with Crippen LogP contribution in [0.2, 0.25) is 0 Å². The molecule has 0 saturated carbocycles. The van der Waals surface area contributed by atoms with E-state index in [4.69, 9.17) is 0 Å². The second kappa shape index (κ2) is 61.0. The summed E-state index contributed by atoms with van der Waals surface area (Å²) in [6.07, 6.45) is 0. The fraction of sp³-hybridized carbons (Fsp3) is 0. The van der Waals surface area contributed by atoms with Gasteiger partial charge in [-0.3, -0.25) is 0 Å². The van der Waals surface area contributed by atoms with Gasteiger partial charge in [0.15, 0.2) is 0 Å². The predicted molar refractivity (Wildman–Crippen MR) is 0 cm³/mol. The number of hydrogen-bond donors (Lipinski definition) is 0. The first-order valence-corrected chi connectivity index (χ1v) is 0. The Morgan fingerprint density at radius 2 is 0.333 bits per heavy atom. The third-order valence-corrected chi connectivity index (χ3v) is 0. The molecule has 0 atom stereocenters. The first-order valence-electron chi connectivity index (χ1n) is 0. The molecule has 0 heterocycles. The minimum Gasteiger partial charge on any atom is -1.00 e. The van der Waals surface area contributed by atoms with Crippen LogP contribution >= 0.6 is 0 Å². The monoisotopic (exact) mass is 743 g/mol. The van der Waals surface area contributed by atoms with Crippen LogP contribution in [0.1, 0.15) is 0 Å². The van der Waals surface area contributed by atoms with Crippen molar-refractivity contribution in [3.05, 3.63) is 0 Å². The minimum absolute atomic E-state index is 0. The average Bonchev–Trinajstić information content (AvgIpc) is 0. The van der Waals surface area contributed by atoms with Crippen LogP contribution in [0.15, 0.2) is 0 Å². The molecule has 0 aliphatic carbocycles. The predicted octanol–water partition coefficient (Wildman–Crippen LogP) is -24.0. The maximum Gasteiger partial charge on any atom is 4.00 e. The SMILES string of the molecule is [Br-].[Br-].[Br-].[Br-].[Br-].[Br-].[K+].[K+].[Os+4]. The molecule has 0 nitrogen and oxygen atoms in total. The van der Waals surface area contributed by atoms with Gasteiger partial charge in [-0.15, -0.1) is 0 Å². The Bertz CT molecular complexity index is 11.0. The van der Waals surface area contributed by atoms with Gasteiger partial charge in [0.2, 0.25) is 0 Å². The van der Waals surface area contributed by atoms with Crippen LogP contribution in [-0.2, 0) is 19.8 Å². The summed E-state index contributed by atoms with van der Waals surface area (Å²) in [6.45, 7) is 0. The van der Waals surface area contributed by atoms with E-state index >= 15 is 0 Å². The van der Waals surface area contributed by atoms with E-state index in [1.807, 2.05) is 0 Å². The van der Waals surface area contributed by atoms with E-state index in [2.05, 4.69) is 0 Å². The molecule has 0 fully saturated rings. The van der Waals surface area contributed by atoms with Crippen LogP contribution in [0.3, 0.4) is 0 Å². The van der Waals surface area contributed by atoms with Gasteiger partial charge in [0, 0.05) is 0 Å². The Kier molecular flexibility index (Phi) is 508. The van der Waals surface area contributed by atoms with Crippen molar-refractivity contribution in [2.75, 3.05) is 0 Å². The van der Waals surface area contributed by atoms with E-state index in [0.29, 0.717) is 0 Å². The molecule has 0 aromatic heterocycles. The van der Waals surface area contributed by atoms with E-state index in [0.717, 1.165) is 0 Å². The molecule has 0 rings (SSSR count). The standard InChI is InChI=1S/6BrH.2K.Os/h6*1H;;;/q;;;;;;2*+1;+4/p-6. The summed E-state index contributed by atoms with van der Waals surface area (Å²) in [5, 5.41) is 0. The van der Waals surface area contributed by atoms with Crippen molar-refractivity contribution >= 4 is 0 Å². The Morgan fingerprint density at radius 3 is 0.333 bits per heavy atom. The molecule has 0 unspecified atom stereocenters. The molecule has 0 radical (unpaired) electrons. The van der Waals surface area contributed by atoms with Crippen LogP contribution < -0.4 is 205 Å². The van der Waals surface area contributed by atoms with Crippen molar-refractivity contribution < 1.29 is 224 Å². The van der Waals surface area contributed by atoms with Gasteiger partial charge in [-0.05, 0) is 0 Å². The van der Waals surface area contributed by atoms with Crippen molar-refractivity contribution in [2.24, 2.45) is 0 Å². The van der Waals surface area contributed by atoms with Gasteiger partial charge < -0.3 is 102 Å². The topological polar surface area (TPSA) is 0 Å². The van der Waals surface area contributed by atoms with Crippen molar-refractivity contribution in [3.8, 4) is 0 Å². The third-order valence-electron chi connectivity index (χ3n) is 0. The minimum atomic E-state index is 0. The maximum absolute atomic E-state index is 0. The second-order valence-electron chi connectivity index (χ2n) is 0. The van der Waals surface area contributed by atoms with Gasteiger partial charge in [-0.2, -0.15) is 0 Å². The van der Waals surface area contributed by atoms with E-state index < -0.39 is 0 Å². The number of rotatable bonds is 0. The number of hydrogen-bond acceptors (Lipinski definition) is 0. The van der Waals surface area contributed by atoms with Gasteiger partial charge >= 0.3 is 123 Å². The fourth-order valence-corrected chi connectivity index (χ4v) is 0. The van der Waals surface area contributed by atoms with Crippen LogP contribution in [-0.4, -0.2) is 0 Å². The van der Waals surface area contributed by atoms with Crippen LogP contribution in [0.4, 0.5) is 0 Å². The Labute approximate surface area is 217 Å². The average molecular weight is 748 g/mol. The quantitative estimate of drug-likeness (QED) is 0.217. The molecule has 0 saturated heterocycles. The van der Waals surface area contributed by atoms with E-state index in [9.17, 15) is 0 Å². The molecular formula is Br6K2Os. The fourth-order valence-electron chi connectivity index (χ4n) is 0. The summed E-state index contributed by atoms with van der Waals surface area (Å²) in [4.78, 5) is 0. The molecule has 0 amide bonds. The van der Waals surface area contributed by atoms with E-state index in [1.165, 1.54) is 0 Å². The summed E-state index contributed by atoms with van der Waals surface area (Å²) in [6, 6.07) is 0. The summed E-state index contributed by atoms with van der Waals surface area (Å²) >= 11 is 0. The Balaban J connectivity index is 0. The van der Waals surface area contributed by atoms with Crippen LogP contribution in [0, 0.1) is 0 Å². The molecule has 0 aliphatic rings. The molecule has 0 aromatic rings. The molecule has 52 valence electrons. The zero-order valence-electron chi connectivity index (χ0n) is 4.62. The van der Waals surface area contributed by atoms with Gasteiger partial charge in [-0.1, -0.05) is 0 Å². The van der Waals surface area contributed by atoms with Crippen LogP contribution in [0.25, 0.3) is 0 Å². The molecule has 0 bridgehead atoms. The van der Waals surface area contributed by atoms with Crippen molar-refractivity contribution in [1.82, 2.24) is 0 Å². The summed E-state index contributed by atoms with van der Waals surface area (Å²) < 4.78 is 0. The molecule has 0 aromatic carbocycles. The molecule has 9 heteroatoms. The normalized spacial score (nSPS) is 0. The van der Waals surface area contributed by atoms with Crippen molar-refractivity contribution in [1.29, 1.82) is 0 Å². The number of halogens is 6. The van der Waals surface area contributed by atoms with Gasteiger partial charge in [-0.25, -0.2) is 0 Å². The van der Waals surface area contributed by atoms with Crippen LogP contribution in [0.5, 0.6) is 0 Å². The first-order chi connectivity index (χ1) is 0. The van der Waals surface area contributed by atoms with Gasteiger partial charge in [0.25, 0.3) is 0 Å². The van der Waals surface area contributed by atoms with E-state index in [1.54, 1.807) is 0 Å². The Hall–Kier alpha value is 6.79. The van der Waals surface area contributed by atoms with Crippen molar-refractivity contribution in [3.63, 3.8) is 0 Å². The molecule has 0 spiro atoms. The zero-order chi connectivity index (χ0) is 0. The first kappa shape index (κ1) is 74.9. The third kappa shape index (κ3) is 52.5. The van der Waals surface area contributed by atoms with Crippen molar-refractivity contribution in [2.45, 2.75) is 0 Å². The van der Waals surface area contributed by atoms with E-state index in [-0.39, 0.29) is 224 Å². The summed E-state index contributed by atoms with van der Waals surface area (Å²) in [7, 11) is 0. The van der Waals surface area contributed by atoms with Gasteiger partial charge in [0.1, 0.15) is 0 Å². The molecule has 9 heavy (non-hydrogen) atoms.